The molecule has 0 spiro atoms. The average molecular weight is 146 g/mol. The summed E-state index contributed by atoms with van der Waals surface area (Å²) in [6.07, 6.45) is 1.07. The van der Waals surface area contributed by atoms with E-state index in [2.05, 4.69) is 16.0 Å². The van der Waals surface area contributed by atoms with Gasteiger partial charge in [0.05, 0.1) is 0 Å². The monoisotopic (exact) mass is 146 g/mol. The van der Waals surface area contributed by atoms with E-state index in [1.807, 2.05) is 13.1 Å². The van der Waals surface area contributed by atoms with Crippen molar-refractivity contribution in [1.82, 2.24) is 0 Å². The summed E-state index contributed by atoms with van der Waals surface area (Å²) in [7, 11) is -1.23. The largest absolute Gasteiger partial charge is 0.363 e. The first-order chi connectivity index (χ1) is 4.16. The molecule has 0 aliphatic carbocycles. The summed E-state index contributed by atoms with van der Waals surface area (Å²) in [5.74, 6) is -0.531. The Balaban J connectivity index is 3.27. The maximum absolute atomic E-state index is 10.3. The van der Waals surface area contributed by atoms with Crippen LogP contribution in [0.15, 0.2) is 12.7 Å². The van der Waals surface area contributed by atoms with Crippen LogP contribution in [0.2, 0.25) is 13.1 Å². The topological polar surface area (TPSA) is 35.5 Å². The van der Waals surface area contributed by atoms with Gasteiger partial charge in [-0.25, -0.2) is 9.37 Å². The van der Waals surface area contributed by atoms with E-state index >= 15 is 0 Å². The van der Waals surface area contributed by atoms with Crippen LogP contribution in [0.3, 0.4) is 0 Å². The summed E-state index contributed by atoms with van der Waals surface area (Å²) < 4.78 is 4.61. The maximum atomic E-state index is 10.3. The molecule has 0 radical (unpaired) electrons. The zero-order valence-corrected chi connectivity index (χ0v) is 6.74. The first-order valence-electron chi connectivity index (χ1n) is 2.66. The Bertz CT molecular complexity index is 111. The SMILES string of the molecule is C=CC(=O)OO[SiH](C)C. The third-order valence-corrected chi connectivity index (χ3v) is 0.970. The van der Waals surface area contributed by atoms with Gasteiger partial charge in [0, 0.05) is 6.08 Å². The Labute approximate surface area is 55.9 Å². The third kappa shape index (κ3) is 5.25. The van der Waals surface area contributed by atoms with Crippen molar-refractivity contribution in [2.75, 3.05) is 0 Å². The quantitative estimate of drug-likeness (QED) is 0.253. The molecule has 0 aromatic rings. The number of hydrogen-bond donors (Lipinski definition) is 0. The van der Waals surface area contributed by atoms with Gasteiger partial charge in [-0.15, -0.1) is 0 Å². The van der Waals surface area contributed by atoms with Crippen molar-refractivity contribution in [3.05, 3.63) is 12.7 Å². The molecule has 52 valence electrons. The first-order valence-corrected chi connectivity index (χ1v) is 5.44. The zero-order chi connectivity index (χ0) is 7.28. The predicted octanol–water partition coefficient (Wildman–Crippen LogP) is 0.631. The summed E-state index contributed by atoms with van der Waals surface area (Å²) in [4.78, 5) is 14.5. The third-order valence-electron chi connectivity index (χ3n) is 0.489. The molecule has 0 aliphatic rings. The van der Waals surface area contributed by atoms with Gasteiger partial charge in [0.2, 0.25) is 9.04 Å². The number of carbonyl (C=O) groups is 1. The van der Waals surface area contributed by atoms with Crippen molar-refractivity contribution in [2.45, 2.75) is 13.1 Å². The molecule has 9 heavy (non-hydrogen) atoms. The van der Waals surface area contributed by atoms with Crippen molar-refractivity contribution in [3.8, 4) is 0 Å². The minimum absolute atomic E-state index is 0.531. The molecule has 3 nitrogen and oxygen atoms in total. The summed E-state index contributed by atoms with van der Waals surface area (Å²) in [6.45, 7) is 7.00. The molecule has 0 saturated heterocycles. The zero-order valence-electron chi connectivity index (χ0n) is 5.59. The van der Waals surface area contributed by atoms with Crippen LogP contribution >= 0.6 is 0 Å². The minimum Gasteiger partial charge on any atom is -0.306 e. The Hall–Kier alpha value is -0.613. The van der Waals surface area contributed by atoms with Gasteiger partial charge in [-0.3, -0.25) is 0 Å². The predicted molar refractivity (Wildman–Crippen MR) is 36.3 cm³/mol. The smallest absolute Gasteiger partial charge is 0.306 e. The summed E-state index contributed by atoms with van der Waals surface area (Å²) >= 11 is 0. The van der Waals surface area contributed by atoms with E-state index in [9.17, 15) is 4.79 Å². The van der Waals surface area contributed by atoms with Gasteiger partial charge >= 0.3 is 5.97 Å². The van der Waals surface area contributed by atoms with Gasteiger partial charge in [-0.05, 0) is 13.1 Å². The van der Waals surface area contributed by atoms with Gasteiger partial charge in [-0.2, -0.15) is 0 Å². The highest BCUT2D eigenvalue weighted by molar-refractivity contribution is 6.48. The standard InChI is InChI=1S/C5H10O3Si/c1-4-5(6)7-8-9(2)3/h4,9H,1H2,2-3H3. The molecule has 0 N–H and O–H groups in total. The van der Waals surface area contributed by atoms with Crippen molar-refractivity contribution in [3.63, 3.8) is 0 Å². The lowest BCUT2D eigenvalue weighted by atomic mass is 10.7. The molecule has 0 rings (SSSR count). The van der Waals surface area contributed by atoms with E-state index in [4.69, 9.17) is 0 Å². The molecule has 0 unspecified atom stereocenters. The highest BCUT2D eigenvalue weighted by Crippen LogP contribution is 1.86. The number of carbonyl (C=O) groups excluding carboxylic acids is 1. The molecule has 0 aromatic heterocycles. The molecule has 0 aliphatic heterocycles. The highest BCUT2D eigenvalue weighted by Gasteiger charge is 1.99. The van der Waals surface area contributed by atoms with E-state index in [1.165, 1.54) is 0 Å². The minimum atomic E-state index is -1.23. The van der Waals surface area contributed by atoms with Gasteiger partial charge in [-0.1, -0.05) is 6.58 Å². The second-order valence-electron chi connectivity index (χ2n) is 1.75. The van der Waals surface area contributed by atoms with Gasteiger partial charge < -0.3 is 4.89 Å². The second kappa shape index (κ2) is 4.28. The fourth-order valence-electron chi connectivity index (χ4n) is 0.178. The molecule has 0 heterocycles. The van der Waals surface area contributed by atoms with Crippen molar-refractivity contribution >= 4 is 15.0 Å². The van der Waals surface area contributed by atoms with E-state index < -0.39 is 15.0 Å². The lowest BCUT2D eigenvalue weighted by Gasteiger charge is -2.01. The normalized spacial score (nSPS) is 9.22. The number of rotatable bonds is 3. The summed E-state index contributed by atoms with van der Waals surface area (Å²) in [6, 6.07) is 0. The molecule has 4 heteroatoms. The molecule has 0 aromatic carbocycles. The van der Waals surface area contributed by atoms with Crippen LogP contribution in [-0.2, 0) is 14.3 Å². The molecular weight excluding hydrogens is 136 g/mol. The van der Waals surface area contributed by atoms with E-state index in [0.717, 1.165) is 6.08 Å². The molecule has 0 amide bonds. The van der Waals surface area contributed by atoms with Gasteiger partial charge in [0.25, 0.3) is 0 Å². The lowest BCUT2D eigenvalue weighted by molar-refractivity contribution is -0.210. The molecule has 0 bridgehead atoms. The number of hydrogen-bond acceptors (Lipinski definition) is 3. The molecule has 0 atom stereocenters. The Morgan fingerprint density at radius 3 is 2.56 bits per heavy atom. The van der Waals surface area contributed by atoms with Crippen LogP contribution in [0.25, 0.3) is 0 Å². The van der Waals surface area contributed by atoms with Crippen LogP contribution < -0.4 is 0 Å². The molecule has 0 fully saturated rings. The van der Waals surface area contributed by atoms with Gasteiger partial charge in [0.1, 0.15) is 0 Å². The summed E-state index contributed by atoms with van der Waals surface area (Å²) in [5, 5.41) is 0. The van der Waals surface area contributed by atoms with Crippen LogP contribution in [0.4, 0.5) is 0 Å². The Morgan fingerprint density at radius 2 is 2.22 bits per heavy atom. The Morgan fingerprint density at radius 1 is 1.67 bits per heavy atom. The maximum Gasteiger partial charge on any atom is 0.363 e. The second-order valence-corrected chi connectivity index (χ2v) is 4.04. The van der Waals surface area contributed by atoms with Crippen molar-refractivity contribution in [1.29, 1.82) is 0 Å². The van der Waals surface area contributed by atoms with Crippen LogP contribution in [0, 0.1) is 0 Å². The van der Waals surface area contributed by atoms with Crippen molar-refractivity contribution in [2.24, 2.45) is 0 Å². The average Bonchev–Trinajstić information content (AvgIpc) is 1.83. The summed E-state index contributed by atoms with van der Waals surface area (Å²) in [5.41, 5.74) is 0. The highest BCUT2D eigenvalue weighted by atomic mass is 28.3. The van der Waals surface area contributed by atoms with Crippen molar-refractivity contribution < 1.29 is 14.3 Å². The van der Waals surface area contributed by atoms with E-state index in [0.29, 0.717) is 0 Å². The Kier molecular flexibility index (Phi) is 3.99. The lowest BCUT2D eigenvalue weighted by Crippen LogP contribution is -2.11. The molecule has 0 saturated carbocycles. The molecular formula is C5H10O3Si. The fourth-order valence-corrected chi connectivity index (χ4v) is 0.465. The first kappa shape index (κ1) is 8.39. The van der Waals surface area contributed by atoms with Gasteiger partial charge in [0.15, 0.2) is 0 Å². The van der Waals surface area contributed by atoms with Crippen LogP contribution in [-0.4, -0.2) is 15.0 Å². The fraction of sp³-hybridized carbons (Fsp3) is 0.400. The van der Waals surface area contributed by atoms with Crippen LogP contribution in [0.5, 0.6) is 0 Å². The van der Waals surface area contributed by atoms with Crippen LogP contribution in [0.1, 0.15) is 0 Å². The van der Waals surface area contributed by atoms with E-state index in [1.54, 1.807) is 0 Å². The van der Waals surface area contributed by atoms with E-state index in [-0.39, 0.29) is 0 Å².